The summed E-state index contributed by atoms with van der Waals surface area (Å²) in [7, 11) is 5.79. The molecule has 0 saturated carbocycles. The molecule has 0 radical (unpaired) electrons. The summed E-state index contributed by atoms with van der Waals surface area (Å²) in [5.41, 5.74) is 3.95. The molecule has 42 heavy (non-hydrogen) atoms. The first-order chi connectivity index (χ1) is 19.6. The topological polar surface area (TPSA) is 116 Å². The van der Waals surface area contributed by atoms with Crippen molar-refractivity contribution in [1.29, 1.82) is 0 Å². The number of ether oxygens (including phenoxy) is 4. The zero-order valence-corrected chi connectivity index (χ0v) is 23.6. The zero-order chi connectivity index (χ0) is 32.1. The van der Waals surface area contributed by atoms with Gasteiger partial charge in [-0.3, -0.25) is 9.50 Å². The molecule has 0 unspecified atom stereocenters. The van der Waals surface area contributed by atoms with Gasteiger partial charge in [-0.1, -0.05) is 6.07 Å². The molecule has 0 amide bonds. The van der Waals surface area contributed by atoms with E-state index in [9.17, 15) is 14.4 Å². The third-order valence-corrected chi connectivity index (χ3v) is 5.04. The van der Waals surface area contributed by atoms with E-state index in [1.54, 1.807) is 33.3 Å². The number of carbonyl (C=O) groups is 2. The number of esters is 2. The Morgan fingerprint density at radius 1 is 0.810 bits per heavy atom. The fraction of sp³-hybridized carbons (Fsp3) is 0.269. The van der Waals surface area contributed by atoms with E-state index in [2.05, 4.69) is 19.8 Å². The van der Waals surface area contributed by atoms with Gasteiger partial charge in [-0.25, -0.2) is 9.59 Å². The van der Waals surface area contributed by atoms with Gasteiger partial charge >= 0.3 is 11.9 Å². The van der Waals surface area contributed by atoms with Gasteiger partial charge in [-0.15, -0.1) is 0 Å². The van der Waals surface area contributed by atoms with Crippen LogP contribution < -0.4 is 20.2 Å². The molecule has 2 aromatic carbocycles. The summed E-state index contributed by atoms with van der Waals surface area (Å²) in [6.07, 6.45) is 1.40. The van der Waals surface area contributed by atoms with Gasteiger partial charge in [0.25, 0.3) is 0 Å². The number of allylic oxidation sites excluding steroid dienone is 1. The summed E-state index contributed by atoms with van der Waals surface area (Å²) in [4.78, 5) is 37.2. The monoisotopic (exact) mass is 616 g/mol. The molecule has 0 aliphatic carbocycles. The number of rotatable bonds is 6. The van der Waals surface area contributed by atoms with Crippen LogP contribution in [0.1, 0.15) is 28.5 Å². The summed E-state index contributed by atoms with van der Waals surface area (Å²) >= 11 is 0. The molecule has 16 heteroatoms. The average molecular weight is 617 g/mol. The third-order valence-electron chi connectivity index (χ3n) is 5.04. The number of H-pyrrole nitrogens is 1. The van der Waals surface area contributed by atoms with Gasteiger partial charge in [0, 0.05) is 68.5 Å². The summed E-state index contributed by atoms with van der Waals surface area (Å²) in [6, 6.07) is 10.4. The Bertz CT molecular complexity index is 1340. The van der Waals surface area contributed by atoms with E-state index in [0.717, 1.165) is 22.6 Å². The largest absolute Gasteiger partial charge is 0.496 e. The highest BCUT2D eigenvalue weighted by Crippen LogP contribution is 2.23. The molecule has 0 aliphatic rings. The molecule has 3 rings (SSSR count). The maximum absolute atomic E-state index is 11.9. The molecule has 236 valence electrons. The summed E-state index contributed by atoms with van der Waals surface area (Å²) < 4.78 is 67.5. The van der Waals surface area contributed by atoms with Crippen molar-refractivity contribution < 1.29 is 60.7 Å². The molecule has 2 N–H and O–H groups in total. The Labute approximate surface area is 236 Å². The number of methoxy groups -OCH3 is 4. The number of carbonyl (C=O) groups excluding carboxylic acids is 2. The van der Waals surface area contributed by atoms with Crippen LogP contribution in [-0.4, -0.2) is 45.4 Å². The van der Waals surface area contributed by atoms with Gasteiger partial charge in [0.1, 0.15) is 17.2 Å². The van der Waals surface area contributed by atoms with E-state index in [1.165, 1.54) is 26.4 Å². The second-order valence-electron chi connectivity index (χ2n) is 7.57. The normalized spacial score (nSPS) is 9.31. The molecule has 0 spiro atoms. The van der Waals surface area contributed by atoms with Gasteiger partial charge in [0.05, 0.1) is 34.0 Å². The van der Waals surface area contributed by atoms with Crippen molar-refractivity contribution in [2.24, 2.45) is 0 Å². The fourth-order valence-corrected chi connectivity index (χ4v) is 3.22. The molecule has 0 saturated heterocycles. The predicted molar refractivity (Wildman–Crippen MR) is 143 cm³/mol. The Hall–Kier alpha value is -4.76. The third kappa shape index (κ3) is 13.1. The molecule has 1 heterocycles. The van der Waals surface area contributed by atoms with E-state index in [1.807, 2.05) is 32.0 Å². The minimum Gasteiger partial charge on any atom is -0.496 e. The van der Waals surface area contributed by atoms with E-state index < -0.39 is 5.97 Å². The second-order valence-corrected chi connectivity index (χ2v) is 7.57. The summed E-state index contributed by atoms with van der Waals surface area (Å²) in [6.45, 7) is 5.62. The Morgan fingerprint density at radius 2 is 1.36 bits per heavy atom. The molecule has 0 bridgehead atoms. The maximum atomic E-state index is 11.9. The molecular formula is C26H31F7N2O7. The van der Waals surface area contributed by atoms with Gasteiger partial charge in [-0.05, 0) is 44.0 Å². The van der Waals surface area contributed by atoms with Gasteiger partial charge < -0.3 is 29.2 Å². The first-order valence-electron chi connectivity index (χ1n) is 11.0. The van der Waals surface area contributed by atoms with Crippen molar-refractivity contribution in [3.05, 3.63) is 75.2 Å². The van der Waals surface area contributed by atoms with Gasteiger partial charge in [-0.2, -0.15) is 0 Å². The first kappa shape index (κ1) is 41.7. The van der Waals surface area contributed by atoms with Crippen LogP contribution in [0, 0.1) is 13.8 Å². The number of fused-ring (bicyclic) bond motifs is 1. The maximum Gasteiger partial charge on any atom is 0.354 e. The van der Waals surface area contributed by atoms with Gasteiger partial charge in [0.2, 0.25) is 0 Å². The van der Waals surface area contributed by atoms with Crippen LogP contribution in [0.25, 0.3) is 10.9 Å². The lowest BCUT2D eigenvalue weighted by Crippen LogP contribution is -2.11. The van der Waals surface area contributed by atoms with Crippen LogP contribution >= 0.6 is 0 Å². The first-order valence-corrected chi connectivity index (χ1v) is 11.0. The standard InChI is InChI=1S/C13H13NO4.C13H17NO3.3F2.FH/c1-7-4-8-9(6-12(7)17-2)14-10(5-11(8)15)13(16)18-3;1-9-5-6-11(8-12(9)16-3)14-10(2)7-13(15)17-4;3*1-2;/h4-6H,1-3H3,(H,14,15);5-8,14H,1-4H3;;;;1H/b;10-7+;;;;. The van der Waals surface area contributed by atoms with E-state index in [0.29, 0.717) is 22.3 Å². The smallest absolute Gasteiger partial charge is 0.354 e. The Kier molecular flexibility index (Phi) is 22.8. The number of aryl methyl sites for hydroxylation is 2. The van der Waals surface area contributed by atoms with E-state index in [4.69, 9.17) is 36.9 Å². The Balaban J connectivity index is -0.000000603. The van der Waals surface area contributed by atoms with Crippen LogP contribution in [-0.2, 0) is 14.3 Å². The molecule has 0 atom stereocenters. The lowest BCUT2D eigenvalue weighted by molar-refractivity contribution is -0.134. The van der Waals surface area contributed by atoms with E-state index >= 15 is 0 Å². The lowest BCUT2D eigenvalue weighted by atomic mass is 10.1. The van der Waals surface area contributed by atoms with Crippen molar-refractivity contribution in [3.8, 4) is 11.5 Å². The van der Waals surface area contributed by atoms with Gasteiger partial charge in [0.15, 0.2) is 5.43 Å². The van der Waals surface area contributed by atoms with Crippen LogP contribution in [0.3, 0.4) is 0 Å². The summed E-state index contributed by atoms with van der Waals surface area (Å²) in [5, 5.41) is 3.60. The highest BCUT2D eigenvalue weighted by Gasteiger charge is 2.11. The molecule has 0 fully saturated rings. The van der Waals surface area contributed by atoms with Crippen LogP contribution in [0.2, 0.25) is 0 Å². The number of hydrogen-bond acceptors (Lipinski definition) is 8. The number of benzene rings is 2. The molecule has 9 nitrogen and oxygen atoms in total. The second kappa shape index (κ2) is 23.0. The van der Waals surface area contributed by atoms with Crippen LogP contribution in [0.5, 0.6) is 11.5 Å². The van der Waals surface area contributed by atoms with Crippen LogP contribution in [0.4, 0.5) is 37.8 Å². The summed E-state index contributed by atoms with van der Waals surface area (Å²) in [5.74, 6) is 0.503. The number of aromatic nitrogens is 1. The van der Waals surface area contributed by atoms with Crippen molar-refractivity contribution >= 4 is 28.5 Å². The highest BCUT2D eigenvalue weighted by molar-refractivity contribution is 5.91. The minimum atomic E-state index is -0.575. The molecule has 3 aromatic rings. The number of halogens is 7. The highest BCUT2D eigenvalue weighted by atomic mass is 20.0. The number of pyridine rings is 1. The lowest BCUT2D eigenvalue weighted by Gasteiger charge is -2.10. The average Bonchev–Trinajstić information content (AvgIpc) is 3.00. The van der Waals surface area contributed by atoms with E-state index in [-0.39, 0.29) is 21.8 Å². The number of anilines is 1. The van der Waals surface area contributed by atoms with Crippen LogP contribution in [0.15, 0.2) is 53.0 Å². The minimum absolute atomic E-state index is 0. The predicted octanol–water partition coefficient (Wildman–Crippen LogP) is 6.80. The number of nitrogens with one attached hydrogen (secondary N) is 2. The Morgan fingerprint density at radius 3 is 1.86 bits per heavy atom. The molecule has 0 aliphatic heterocycles. The number of aromatic amines is 1. The van der Waals surface area contributed by atoms with Crippen molar-refractivity contribution in [2.45, 2.75) is 20.8 Å². The molecular weight excluding hydrogens is 585 g/mol. The number of hydrogen-bond donors (Lipinski definition) is 2. The van der Waals surface area contributed by atoms with Crippen molar-refractivity contribution in [3.63, 3.8) is 0 Å². The zero-order valence-electron chi connectivity index (χ0n) is 23.6. The van der Waals surface area contributed by atoms with Crippen molar-refractivity contribution in [2.75, 3.05) is 33.8 Å². The molecule has 1 aromatic heterocycles. The quantitative estimate of drug-likeness (QED) is 0.177. The fourth-order valence-electron chi connectivity index (χ4n) is 3.22. The SMILES string of the molecule is COC(=O)/C=C(\C)Nc1ccc(C)c(OC)c1.COC(=O)c1cc(=O)c2cc(C)c(OC)cc2[nH]1.F.FF.FF.FF. The van der Waals surface area contributed by atoms with Crippen molar-refractivity contribution in [1.82, 2.24) is 4.98 Å².